The van der Waals surface area contributed by atoms with Crippen molar-refractivity contribution in [1.29, 1.82) is 0 Å². The predicted octanol–water partition coefficient (Wildman–Crippen LogP) is 0.979. The summed E-state index contributed by atoms with van der Waals surface area (Å²) < 4.78 is 5.31. The highest BCUT2D eigenvalue weighted by Gasteiger charge is 2.22. The lowest BCUT2D eigenvalue weighted by Gasteiger charge is -2.33. The Morgan fingerprint density at radius 2 is 2.17 bits per heavy atom. The van der Waals surface area contributed by atoms with E-state index in [9.17, 15) is 4.79 Å². The molecule has 3 rings (SSSR count). The molecule has 0 aliphatic carbocycles. The lowest BCUT2D eigenvalue weighted by atomic mass is 10.3. The monoisotopic (exact) mass is 316 g/mol. The van der Waals surface area contributed by atoms with Crippen molar-refractivity contribution in [3.05, 3.63) is 30.4 Å². The van der Waals surface area contributed by atoms with E-state index < -0.39 is 0 Å². The van der Waals surface area contributed by atoms with Gasteiger partial charge in [0.15, 0.2) is 0 Å². The van der Waals surface area contributed by atoms with Gasteiger partial charge in [0.1, 0.15) is 0 Å². The Labute approximate surface area is 134 Å². The van der Waals surface area contributed by atoms with Crippen LogP contribution in [0.2, 0.25) is 0 Å². The number of aromatic nitrogens is 3. The minimum absolute atomic E-state index is 0.00352. The van der Waals surface area contributed by atoms with Gasteiger partial charge in [0.05, 0.1) is 6.54 Å². The largest absolute Gasteiger partial charge is 0.338 e. The first-order chi connectivity index (χ1) is 11.3. The highest BCUT2D eigenvalue weighted by atomic mass is 16.5. The minimum Gasteiger partial charge on any atom is -0.338 e. The highest BCUT2D eigenvalue weighted by molar-refractivity contribution is 5.74. The Morgan fingerprint density at radius 1 is 1.35 bits per heavy atom. The van der Waals surface area contributed by atoms with Gasteiger partial charge in [-0.25, -0.2) is 4.79 Å². The zero-order valence-corrected chi connectivity index (χ0v) is 13.1. The molecule has 0 atom stereocenters. The van der Waals surface area contributed by atoms with Crippen LogP contribution in [0.3, 0.4) is 0 Å². The molecule has 0 radical (unpaired) electrons. The Morgan fingerprint density at radius 3 is 2.87 bits per heavy atom. The van der Waals surface area contributed by atoms with Gasteiger partial charge in [-0.15, -0.1) is 0 Å². The molecule has 2 aromatic heterocycles. The molecule has 0 saturated carbocycles. The van der Waals surface area contributed by atoms with Gasteiger partial charge in [-0.1, -0.05) is 5.16 Å². The van der Waals surface area contributed by atoms with Crippen LogP contribution in [-0.4, -0.2) is 63.7 Å². The molecule has 0 spiro atoms. The van der Waals surface area contributed by atoms with E-state index in [0.717, 1.165) is 18.7 Å². The van der Waals surface area contributed by atoms with Crippen LogP contribution in [0.25, 0.3) is 11.4 Å². The van der Waals surface area contributed by atoms with Crippen molar-refractivity contribution < 1.29 is 9.32 Å². The first-order valence-electron chi connectivity index (χ1n) is 7.74. The summed E-state index contributed by atoms with van der Waals surface area (Å²) in [6.07, 6.45) is 3.42. The molecule has 1 aliphatic heterocycles. The average Bonchev–Trinajstić information content (AvgIpc) is 3.05. The van der Waals surface area contributed by atoms with Crippen LogP contribution in [-0.2, 0) is 6.54 Å². The summed E-state index contributed by atoms with van der Waals surface area (Å²) in [5, 5.41) is 6.82. The number of hydrogen-bond donors (Lipinski definition) is 1. The van der Waals surface area contributed by atoms with Crippen LogP contribution in [0.5, 0.6) is 0 Å². The van der Waals surface area contributed by atoms with Crippen LogP contribution in [0.1, 0.15) is 12.8 Å². The van der Waals surface area contributed by atoms with Crippen molar-refractivity contribution in [2.75, 3.05) is 32.7 Å². The molecule has 1 aliphatic rings. The molecule has 2 amide bonds. The second-order valence-corrected chi connectivity index (χ2v) is 5.35. The van der Waals surface area contributed by atoms with Gasteiger partial charge >= 0.3 is 6.03 Å². The van der Waals surface area contributed by atoms with E-state index in [-0.39, 0.29) is 6.03 Å². The van der Waals surface area contributed by atoms with Crippen LogP contribution in [0.15, 0.2) is 29.0 Å². The zero-order chi connectivity index (χ0) is 16.1. The third kappa shape index (κ3) is 3.84. The Bertz CT molecular complexity index is 636. The molecule has 1 N–H and O–H groups in total. The summed E-state index contributed by atoms with van der Waals surface area (Å²) in [5.41, 5.74) is 0.837. The molecule has 8 heteroatoms. The number of piperazine rings is 1. The first kappa shape index (κ1) is 15.4. The maximum Gasteiger partial charge on any atom is 0.317 e. The topological polar surface area (TPSA) is 87.4 Å². The summed E-state index contributed by atoms with van der Waals surface area (Å²) in [5.74, 6) is 1.13. The fourth-order valence-corrected chi connectivity index (χ4v) is 2.49. The number of rotatable bonds is 4. The number of hydrogen-bond acceptors (Lipinski definition) is 6. The molecule has 2 aromatic rings. The molecular weight excluding hydrogens is 296 g/mol. The normalized spacial score (nSPS) is 15.6. The third-order valence-electron chi connectivity index (χ3n) is 3.73. The minimum atomic E-state index is 0.00352. The van der Waals surface area contributed by atoms with Crippen molar-refractivity contribution >= 4 is 6.03 Å². The number of carbonyl (C=O) groups excluding carboxylic acids is 1. The number of carbonyl (C=O) groups is 1. The van der Waals surface area contributed by atoms with Crippen molar-refractivity contribution in [3.8, 4) is 11.4 Å². The van der Waals surface area contributed by atoms with E-state index in [4.69, 9.17) is 4.52 Å². The van der Waals surface area contributed by atoms with Gasteiger partial charge in [0, 0.05) is 50.7 Å². The molecule has 0 bridgehead atoms. The number of amides is 2. The SMILES string of the molecule is CCNC(=O)N1CCN(Cc2nc(-c3cccnc3)no2)CC1. The van der Waals surface area contributed by atoms with Gasteiger partial charge in [0.25, 0.3) is 0 Å². The van der Waals surface area contributed by atoms with Crippen LogP contribution >= 0.6 is 0 Å². The van der Waals surface area contributed by atoms with E-state index >= 15 is 0 Å². The van der Waals surface area contributed by atoms with E-state index in [0.29, 0.717) is 37.9 Å². The molecule has 3 heterocycles. The van der Waals surface area contributed by atoms with Crippen LogP contribution in [0, 0.1) is 0 Å². The fourth-order valence-electron chi connectivity index (χ4n) is 2.49. The van der Waals surface area contributed by atoms with Crippen molar-refractivity contribution in [2.45, 2.75) is 13.5 Å². The number of nitrogens with zero attached hydrogens (tertiary/aromatic N) is 5. The highest BCUT2D eigenvalue weighted by Crippen LogP contribution is 2.15. The molecule has 8 nitrogen and oxygen atoms in total. The first-order valence-corrected chi connectivity index (χ1v) is 7.74. The Balaban J connectivity index is 1.53. The van der Waals surface area contributed by atoms with E-state index in [1.807, 2.05) is 24.0 Å². The van der Waals surface area contributed by atoms with Crippen molar-refractivity contribution in [2.24, 2.45) is 0 Å². The Hall–Kier alpha value is -2.48. The summed E-state index contributed by atoms with van der Waals surface area (Å²) in [7, 11) is 0. The molecule has 1 saturated heterocycles. The molecule has 1 fully saturated rings. The summed E-state index contributed by atoms with van der Waals surface area (Å²) >= 11 is 0. The van der Waals surface area contributed by atoms with Crippen LogP contribution in [0.4, 0.5) is 4.79 Å². The number of urea groups is 1. The second kappa shape index (κ2) is 7.19. The van der Waals surface area contributed by atoms with Gasteiger partial charge in [0.2, 0.25) is 11.7 Å². The van der Waals surface area contributed by atoms with E-state index in [1.165, 1.54) is 0 Å². The summed E-state index contributed by atoms with van der Waals surface area (Å²) in [6, 6.07) is 3.74. The maximum atomic E-state index is 11.8. The van der Waals surface area contributed by atoms with E-state index in [1.54, 1.807) is 12.4 Å². The predicted molar refractivity (Wildman–Crippen MR) is 83.5 cm³/mol. The lowest BCUT2D eigenvalue weighted by molar-refractivity contribution is 0.127. The summed E-state index contributed by atoms with van der Waals surface area (Å²) in [4.78, 5) is 24.3. The summed E-state index contributed by atoms with van der Waals surface area (Å²) in [6.45, 7) is 6.16. The maximum absolute atomic E-state index is 11.8. The molecule has 122 valence electrons. The molecule has 23 heavy (non-hydrogen) atoms. The van der Waals surface area contributed by atoms with Crippen molar-refractivity contribution in [3.63, 3.8) is 0 Å². The molecular formula is C15H20N6O2. The van der Waals surface area contributed by atoms with Gasteiger partial charge in [-0.3, -0.25) is 9.88 Å². The van der Waals surface area contributed by atoms with Gasteiger partial charge in [-0.2, -0.15) is 4.98 Å². The lowest BCUT2D eigenvalue weighted by Crippen LogP contribution is -2.51. The van der Waals surface area contributed by atoms with Gasteiger partial charge in [-0.05, 0) is 19.1 Å². The third-order valence-corrected chi connectivity index (χ3v) is 3.73. The standard InChI is InChI=1S/C15H20N6O2/c1-2-17-15(22)21-8-6-20(7-9-21)11-13-18-14(19-23-13)12-4-3-5-16-10-12/h3-5,10H,2,6-9,11H2,1H3,(H,17,22). The Kier molecular flexibility index (Phi) is 4.82. The average molecular weight is 316 g/mol. The quantitative estimate of drug-likeness (QED) is 0.904. The van der Waals surface area contributed by atoms with Crippen molar-refractivity contribution in [1.82, 2.24) is 30.2 Å². The number of pyridine rings is 1. The molecule has 0 unspecified atom stereocenters. The second-order valence-electron chi connectivity index (χ2n) is 5.35. The smallest absolute Gasteiger partial charge is 0.317 e. The number of nitrogens with one attached hydrogen (secondary N) is 1. The van der Waals surface area contributed by atoms with Gasteiger partial charge < -0.3 is 14.7 Å². The fraction of sp³-hybridized carbons (Fsp3) is 0.467. The van der Waals surface area contributed by atoms with E-state index in [2.05, 4.69) is 25.3 Å². The van der Waals surface area contributed by atoms with Crippen LogP contribution < -0.4 is 5.32 Å². The zero-order valence-electron chi connectivity index (χ0n) is 13.1. The molecule has 0 aromatic carbocycles.